The van der Waals surface area contributed by atoms with Gasteiger partial charge in [-0.1, -0.05) is 60.7 Å². The monoisotopic (exact) mass is 429 g/mol. The Balaban J connectivity index is 1.40. The molecule has 5 nitrogen and oxygen atoms in total. The number of hydrazone groups is 1. The molecule has 4 rings (SSSR count). The fourth-order valence-corrected chi connectivity index (χ4v) is 3.62. The van der Waals surface area contributed by atoms with E-state index in [1.54, 1.807) is 6.21 Å². The molecule has 0 amide bonds. The number of thiazole rings is 1. The van der Waals surface area contributed by atoms with Crippen LogP contribution in [-0.4, -0.2) is 17.8 Å². The second-order valence-corrected chi connectivity index (χ2v) is 7.55. The lowest BCUT2D eigenvalue weighted by Gasteiger charge is -2.12. The molecule has 4 aromatic rings. The molecule has 1 heterocycles. The molecule has 31 heavy (non-hydrogen) atoms. The molecular weight excluding hydrogens is 406 g/mol. The molecule has 0 saturated heterocycles. The Morgan fingerprint density at radius 3 is 2.48 bits per heavy atom. The van der Waals surface area contributed by atoms with Gasteiger partial charge in [-0.2, -0.15) is 5.10 Å². The minimum Gasteiger partial charge on any atom is -0.490 e. The molecule has 6 heteroatoms. The molecule has 3 aromatic carbocycles. The van der Waals surface area contributed by atoms with Gasteiger partial charge in [-0.15, -0.1) is 11.3 Å². The maximum absolute atomic E-state index is 5.96. The zero-order valence-corrected chi connectivity index (χ0v) is 18.0. The Kier molecular flexibility index (Phi) is 6.92. The number of benzene rings is 3. The first kappa shape index (κ1) is 20.6. The van der Waals surface area contributed by atoms with Crippen molar-refractivity contribution in [1.82, 2.24) is 4.98 Å². The largest absolute Gasteiger partial charge is 0.490 e. The quantitative estimate of drug-likeness (QED) is 0.253. The predicted molar refractivity (Wildman–Crippen MR) is 127 cm³/mol. The van der Waals surface area contributed by atoms with Crippen molar-refractivity contribution in [3.05, 3.63) is 95.4 Å². The van der Waals surface area contributed by atoms with Crippen LogP contribution < -0.4 is 14.9 Å². The highest BCUT2D eigenvalue weighted by molar-refractivity contribution is 7.14. The number of hydrogen-bond acceptors (Lipinski definition) is 6. The molecule has 0 saturated carbocycles. The second kappa shape index (κ2) is 10.4. The van der Waals surface area contributed by atoms with Crippen molar-refractivity contribution in [2.75, 3.05) is 12.0 Å². The SMILES string of the molecule is CCOc1cc(/C=N\Nc2nc(-c3ccccc3)cs2)ccc1OCc1ccccc1. The highest BCUT2D eigenvalue weighted by Crippen LogP contribution is 2.29. The number of ether oxygens (including phenoxy) is 2. The zero-order valence-electron chi connectivity index (χ0n) is 17.2. The highest BCUT2D eigenvalue weighted by Gasteiger charge is 2.07. The van der Waals surface area contributed by atoms with Crippen LogP contribution in [0.2, 0.25) is 0 Å². The van der Waals surface area contributed by atoms with E-state index in [9.17, 15) is 0 Å². The van der Waals surface area contributed by atoms with Crippen LogP contribution in [0.25, 0.3) is 11.3 Å². The van der Waals surface area contributed by atoms with Crippen LogP contribution in [0, 0.1) is 0 Å². The molecule has 0 unspecified atom stereocenters. The molecule has 0 aliphatic carbocycles. The van der Waals surface area contributed by atoms with Gasteiger partial charge in [0.1, 0.15) is 6.61 Å². The third-order valence-electron chi connectivity index (χ3n) is 4.45. The van der Waals surface area contributed by atoms with E-state index < -0.39 is 0 Å². The lowest BCUT2D eigenvalue weighted by molar-refractivity contribution is 0.269. The average Bonchev–Trinajstić information content (AvgIpc) is 3.29. The van der Waals surface area contributed by atoms with Crippen LogP contribution in [0.5, 0.6) is 11.5 Å². The van der Waals surface area contributed by atoms with E-state index in [0.29, 0.717) is 24.7 Å². The fraction of sp³-hybridized carbons (Fsp3) is 0.120. The van der Waals surface area contributed by atoms with Gasteiger partial charge in [0, 0.05) is 10.9 Å². The summed E-state index contributed by atoms with van der Waals surface area (Å²) < 4.78 is 11.7. The minimum atomic E-state index is 0.490. The van der Waals surface area contributed by atoms with E-state index in [4.69, 9.17) is 9.47 Å². The molecule has 0 aliphatic rings. The average molecular weight is 430 g/mol. The predicted octanol–water partition coefficient (Wildman–Crippen LogP) is 6.23. The summed E-state index contributed by atoms with van der Waals surface area (Å²) in [4.78, 5) is 4.57. The summed E-state index contributed by atoms with van der Waals surface area (Å²) >= 11 is 1.52. The van der Waals surface area contributed by atoms with Crippen molar-refractivity contribution < 1.29 is 9.47 Å². The minimum absolute atomic E-state index is 0.490. The zero-order chi connectivity index (χ0) is 21.3. The molecule has 0 radical (unpaired) electrons. The van der Waals surface area contributed by atoms with Crippen LogP contribution in [-0.2, 0) is 6.61 Å². The van der Waals surface area contributed by atoms with Gasteiger partial charge >= 0.3 is 0 Å². The first-order chi connectivity index (χ1) is 15.3. The topological polar surface area (TPSA) is 55.7 Å². The van der Waals surface area contributed by atoms with Gasteiger partial charge in [0.25, 0.3) is 0 Å². The van der Waals surface area contributed by atoms with Crippen LogP contribution in [0.4, 0.5) is 5.13 Å². The molecule has 1 N–H and O–H groups in total. The molecule has 1 aromatic heterocycles. The van der Waals surface area contributed by atoms with Gasteiger partial charge in [-0.25, -0.2) is 4.98 Å². The summed E-state index contributed by atoms with van der Waals surface area (Å²) in [6.45, 7) is 3.00. The first-order valence-electron chi connectivity index (χ1n) is 10.1. The van der Waals surface area contributed by atoms with Gasteiger partial charge in [0.05, 0.1) is 18.5 Å². The number of hydrogen-bond donors (Lipinski definition) is 1. The van der Waals surface area contributed by atoms with E-state index in [1.807, 2.05) is 91.2 Å². The molecule has 156 valence electrons. The van der Waals surface area contributed by atoms with Gasteiger partial charge in [-0.05, 0) is 36.2 Å². The molecular formula is C25H23N3O2S. The van der Waals surface area contributed by atoms with E-state index in [1.165, 1.54) is 11.3 Å². The smallest absolute Gasteiger partial charge is 0.203 e. The van der Waals surface area contributed by atoms with Crippen molar-refractivity contribution in [2.24, 2.45) is 5.10 Å². The summed E-state index contributed by atoms with van der Waals surface area (Å²) in [5.41, 5.74) is 7.03. The molecule has 0 bridgehead atoms. The molecule has 0 atom stereocenters. The van der Waals surface area contributed by atoms with Crippen LogP contribution in [0.3, 0.4) is 0 Å². The van der Waals surface area contributed by atoms with Gasteiger partial charge in [0.15, 0.2) is 11.5 Å². The summed E-state index contributed by atoms with van der Waals surface area (Å²) in [7, 11) is 0. The third-order valence-corrected chi connectivity index (χ3v) is 5.20. The number of nitrogens with zero attached hydrogens (tertiary/aromatic N) is 2. The van der Waals surface area contributed by atoms with Crippen LogP contribution >= 0.6 is 11.3 Å². The summed E-state index contributed by atoms with van der Waals surface area (Å²) in [6, 6.07) is 25.9. The van der Waals surface area contributed by atoms with E-state index in [-0.39, 0.29) is 0 Å². The van der Waals surface area contributed by atoms with E-state index in [0.717, 1.165) is 27.5 Å². The standard InChI is InChI=1S/C25H23N3O2S/c1-2-29-24-15-20(13-14-23(24)30-17-19-9-5-3-6-10-19)16-26-28-25-27-22(18-31-25)21-11-7-4-8-12-21/h3-16,18H,2,17H2,1H3,(H,27,28)/b26-16-. The Morgan fingerprint density at radius 1 is 0.935 bits per heavy atom. The molecule has 0 fully saturated rings. The third kappa shape index (κ3) is 5.71. The van der Waals surface area contributed by atoms with E-state index in [2.05, 4.69) is 15.5 Å². The van der Waals surface area contributed by atoms with E-state index >= 15 is 0 Å². The van der Waals surface area contributed by atoms with Crippen molar-refractivity contribution >= 4 is 22.7 Å². The maximum atomic E-state index is 5.96. The maximum Gasteiger partial charge on any atom is 0.203 e. The lowest BCUT2D eigenvalue weighted by atomic mass is 10.2. The number of aromatic nitrogens is 1. The molecule has 0 aliphatic heterocycles. The van der Waals surface area contributed by atoms with Crippen molar-refractivity contribution in [1.29, 1.82) is 0 Å². The lowest BCUT2D eigenvalue weighted by Crippen LogP contribution is -2.00. The summed E-state index contributed by atoms with van der Waals surface area (Å²) in [5.74, 6) is 1.41. The van der Waals surface area contributed by atoms with Gasteiger partial charge in [0.2, 0.25) is 5.13 Å². The Hall–Kier alpha value is -3.64. The second-order valence-electron chi connectivity index (χ2n) is 6.69. The van der Waals surface area contributed by atoms with Gasteiger partial charge < -0.3 is 9.47 Å². The fourth-order valence-electron chi connectivity index (χ4n) is 2.96. The van der Waals surface area contributed by atoms with Crippen LogP contribution in [0.1, 0.15) is 18.1 Å². The number of anilines is 1. The molecule has 0 spiro atoms. The van der Waals surface area contributed by atoms with Crippen molar-refractivity contribution in [3.63, 3.8) is 0 Å². The Bertz CT molecular complexity index is 1130. The van der Waals surface area contributed by atoms with Crippen molar-refractivity contribution in [2.45, 2.75) is 13.5 Å². The summed E-state index contributed by atoms with van der Waals surface area (Å²) in [5, 5.41) is 7.07. The Morgan fingerprint density at radius 2 is 1.71 bits per heavy atom. The first-order valence-corrected chi connectivity index (χ1v) is 10.9. The van der Waals surface area contributed by atoms with Crippen LogP contribution in [0.15, 0.2) is 89.3 Å². The van der Waals surface area contributed by atoms with Gasteiger partial charge in [-0.3, -0.25) is 5.43 Å². The summed E-state index contributed by atoms with van der Waals surface area (Å²) in [6.07, 6.45) is 1.74. The normalized spacial score (nSPS) is 10.9. The number of rotatable bonds is 9. The Labute approximate surface area is 186 Å². The van der Waals surface area contributed by atoms with Crippen molar-refractivity contribution in [3.8, 4) is 22.8 Å². The number of nitrogens with one attached hydrogen (secondary N) is 1. The highest BCUT2D eigenvalue weighted by atomic mass is 32.1.